The van der Waals surface area contributed by atoms with Crippen LogP contribution in [0.4, 0.5) is 0 Å². The van der Waals surface area contributed by atoms with Gasteiger partial charge >= 0.3 is 5.97 Å². The van der Waals surface area contributed by atoms with Crippen LogP contribution < -0.4 is 10.9 Å². The SMILES string of the molecule is COCCNC(=O)[C@H](C)OC(=O)CSc1[nH]c(=O)cc(C)c1C#N. The number of esters is 1. The van der Waals surface area contributed by atoms with Crippen molar-refractivity contribution in [3.8, 4) is 6.07 Å². The standard InChI is InChI=1S/C15H19N3O5S/c1-9-6-12(19)18-15(11(9)7-16)24-8-13(20)23-10(2)14(21)17-4-5-22-3/h6,10H,4-5,8H2,1-3H3,(H,17,21)(H,18,19)/t10-/m0/s1. The Labute approximate surface area is 143 Å². The third kappa shape index (κ3) is 6.06. The van der Waals surface area contributed by atoms with Gasteiger partial charge in [-0.3, -0.25) is 14.4 Å². The fraction of sp³-hybridized carbons (Fsp3) is 0.467. The van der Waals surface area contributed by atoms with Gasteiger partial charge < -0.3 is 19.8 Å². The van der Waals surface area contributed by atoms with E-state index < -0.39 is 18.0 Å². The minimum absolute atomic E-state index is 0.135. The molecule has 0 aromatic carbocycles. The van der Waals surface area contributed by atoms with Crippen molar-refractivity contribution >= 4 is 23.6 Å². The maximum atomic E-state index is 11.8. The smallest absolute Gasteiger partial charge is 0.317 e. The number of pyridine rings is 1. The van der Waals surface area contributed by atoms with Crippen LogP contribution in [0.2, 0.25) is 0 Å². The van der Waals surface area contributed by atoms with Crippen molar-refractivity contribution in [2.45, 2.75) is 25.0 Å². The minimum Gasteiger partial charge on any atom is -0.452 e. The third-order valence-corrected chi connectivity index (χ3v) is 3.91. The topological polar surface area (TPSA) is 121 Å². The van der Waals surface area contributed by atoms with Crippen molar-refractivity contribution in [2.75, 3.05) is 26.0 Å². The molecule has 1 heterocycles. The van der Waals surface area contributed by atoms with Gasteiger partial charge in [0.1, 0.15) is 6.07 Å². The molecule has 130 valence electrons. The van der Waals surface area contributed by atoms with E-state index in [1.807, 2.05) is 6.07 Å². The van der Waals surface area contributed by atoms with Gasteiger partial charge in [-0.05, 0) is 19.4 Å². The molecule has 24 heavy (non-hydrogen) atoms. The number of nitrogens with zero attached hydrogens (tertiary/aromatic N) is 1. The van der Waals surface area contributed by atoms with E-state index in [2.05, 4.69) is 10.3 Å². The number of thioether (sulfide) groups is 1. The van der Waals surface area contributed by atoms with E-state index in [0.717, 1.165) is 11.8 Å². The first-order valence-electron chi connectivity index (χ1n) is 7.12. The average Bonchev–Trinajstić information content (AvgIpc) is 2.52. The molecule has 1 aromatic rings. The number of H-pyrrole nitrogens is 1. The number of nitriles is 1. The number of methoxy groups -OCH3 is 1. The lowest BCUT2D eigenvalue weighted by atomic mass is 10.2. The number of hydrogen-bond acceptors (Lipinski definition) is 7. The van der Waals surface area contributed by atoms with E-state index in [9.17, 15) is 14.4 Å². The molecule has 1 atom stereocenters. The van der Waals surface area contributed by atoms with E-state index in [4.69, 9.17) is 14.7 Å². The first-order chi connectivity index (χ1) is 11.4. The summed E-state index contributed by atoms with van der Waals surface area (Å²) >= 11 is 0.979. The van der Waals surface area contributed by atoms with Crippen LogP contribution in [-0.2, 0) is 19.1 Å². The molecule has 2 N–H and O–H groups in total. The number of amides is 1. The molecule has 0 spiro atoms. The first kappa shape index (κ1) is 19.7. The molecule has 0 bridgehead atoms. The fourth-order valence-corrected chi connectivity index (χ4v) is 2.60. The van der Waals surface area contributed by atoms with Crippen LogP contribution in [-0.4, -0.2) is 49.0 Å². The maximum Gasteiger partial charge on any atom is 0.317 e. The summed E-state index contributed by atoms with van der Waals surface area (Å²) in [6.45, 7) is 3.78. The zero-order chi connectivity index (χ0) is 18.1. The molecule has 0 aliphatic rings. The highest BCUT2D eigenvalue weighted by Gasteiger charge is 2.18. The van der Waals surface area contributed by atoms with Gasteiger partial charge in [0, 0.05) is 19.7 Å². The Bertz CT molecular complexity index is 695. The molecule has 1 amide bonds. The molecular formula is C15H19N3O5S. The highest BCUT2D eigenvalue weighted by atomic mass is 32.2. The lowest BCUT2D eigenvalue weighted by Gasteiger charge is -2.13. The van der Waals surface area contributed by atoms with E-state index in [-0.39, 0.29) is 11.3 Å². The molecule has 0 radical (unpaired) electrons. The van der Waals surface area contributed by atoms with Crippen molar-refractivity contribution in [1.29, 1.82) is 5.26 Å². The van der Waals surface area contributed by atoms with Gasteiger partial charge in [-0.15, -0.1) is 0 Å². The van der Waals surface area contributed by atoms with E-state index in [1.54, 1.807) is 6.92 Å². The van der Waals surface area contributed by atoms with Crippen LogP contribution in [0.25, 0.3) is 0 Å². The molecule has 1 aromatic heterocycles. The van der Waals surface area contributed by atoms with Crippen LogP contribution in [0.3, 0.4) is 0 Å². The summed E-state index contributed by atoms with van der Waals surface area (Å²) in [5, 5.41) is 12.0. The van der Waals surface area contributed by atoms with Crippen molar-refractivity contribution in [3.63, 3.8) is 0 Å². The number of carbonyl (C=O) groups excluding carboxylic acids is 2. The molecular weight excluding hydrogens is 334 g/mol. The Balaban J connectivity index is 2.57. The van der Waals surface area contributed by atoms with Crippen molar-refractivity contribution in [1.82, 2.24) is 10.3 Å². The number of hydrogen-bond donors (Lipinski definition) is 2. The summed E-state index contributed by atoms with van der Waals surface area (Å²) in [4.78, 5) is 37.5. The molecule has 0 saturated heterocycles. The summed E-state index contributed by atoms with van der Waals surface area (Å²) in [5.41, 5.74) is 0.481. The van der Waals surface area contributed by atoms with Crippen LogP contribution >= 0.6 is 11.8 Å². The first-order valence-corrected chi connectivity index (χ1v) is 8.10. The number of aryl methyl sites for hydroxylation is 1. The van der Waals surface area contributed by atoms with E-state index in [1.165, 1.54) is 20.1 Å². The highest BCUT2D eigenvalue weighted by Crippen LogP contribution is 2.21. The summed E-state index contributed by atoms with van der Waals surface area (Å²) < 4.78 is 9.81. The number of rotatable bonds is 8. The van der Waals surface area contributed by atoms with Gasteiger partial charge in [-0.2, -0.15) is 5.26 Å². The summed E-state index contributed by atoms with van der Waals surface area (Å²) in [6, 6.07) is 3.30. The van der Waals surface area contributed by atoms with Crippen LogP contribution in [0.5, 0.6) is 0 Å². The Morgan fingerprint density at radius 2 is 2.21 bits per heavy atom. The molecule has 0 saturated carbocycles. The Kier molecular flexibility index (Phi) is 8.01. The van der Waals surface area contributed by atoms with Crippen molar-refractivity contribution in [3.05, 3.63) is 27.5 Å². The second kappa shape index (κ2) is 9.75. The summed E-state index contributed by atoms with van der Waals surface area (Å²) in [5.74, 6) is -1.18. The average molecular weight is 353 g/mol. The molecule has 8 nitrogen and oxygen atoms in total. The number of carbonyl (C=O) groups is 2. The summed E-state index contributed by atoms with van der Waals surface area (Å²) in [7, 11) is 1.51. The molecule has 1 rings (SSSR count). The van der Waals surface area contributed by atoms with Gasteiger partial charge in [0.25, 0.3) is 5.91 Å². The van der Waals surface area contributed by atoms with E-state index >= 15 is 0 Å². The zero-order valence-corrected chi connectivity index (χ0v) is 14.5. The van der Waals surface area contributed by atoms with Crippen LogP contribution in [0, 0.1) is 18.3 Å². The molecule has 0 aliphatic carbocycles. The molecule has 0 fully saturated rings. The van der Waals surface area contributed by atoms with Gasteiger partial charge in [0.15, 0.2) is 6.10 Å². The predicted molar refractivity (Wildman–Crippen MR) is 87.7 cm³/mol. The normalized spacial score (nSPS) is 11.4. The number of aromatic nitrogens is 1. The number of aromatic amines is 1. The molecule has 9 heteroatoms. The lowest BCUT2D eigenvalue weighted by Crippen LogP contribution is -2.37. The van der Waals surface area contributed by atoms with Crippen molar-refractivity contribution < 1.29 is 19.1 Å². The van der Waals surface area contributed by atoms with E-state index in [0.29, 0.717) is 29.3 Å². The highest BCUT2D eigenvalue weighted by molar-refractivity contribution is 7.99. The maximum absolute atomic E-state index is 11.8. The Hall–Kier alpha value is -2.31. The second-order valence-corrected chi connectivity index (χ2v) is 5.82. The third-order valence-electron chi connectivity index (χ3n) is 2.93. The quantitative estimate of drug-likeness (QED) is 0.393. The monoisotopic (exact) mass is 353 g/mol. The minimum atomic E-state index is -0.943. The largest absolute Gasteiger partial charge is 0.452 e. The van der Waals surface area contributed by atoms with Crippen LogP contribution in [0.1, 0.15) is 18.1 Å². The molecule has 0 aliphatic heterocycles. The Morgan fingerprint density at radius 3 is 2.83 bits per heavy atom. The number of nitrogens with one attached hydrogen (secondary N) is 2. The Morgan fingerprint density at radius 1 is 1.50 bits per heavy atom. The van der Waals surface area contributed by atoms with Gasteiger partial charge in [0.05, 0.1) is 22.9 Å². The van der Waals surface area contributed by atoms with Gasteiger partial charge in [-0.1, -0.05) is 11.8 Å². The molecule has 0 unspecified atom stereocenters. The zero-order valence-electron chi connectivity index (χ0n) is 13.7. The lowest BCUT2D eigenvalue weighted by molar-refractivity contribution is -0.152. The number of ether oxygens (including phenoxy) is 2. The fourth-order valence-electron chi connectivity index (χ4n) is 1.74. The predicted octanol–water partition coefficient (Wildman–Crippen LogP) is 0.341. The summed E-state index contributed by atoms with van der Waals surface area (Å²) in [6.07, 6.45) is -0.943. The second-order valence-electron chi connectivity index (χ2n) is 4.84. The van der Waals surface area contributed by atoms with Crippen molar-refractivity contribution in [2.24, 2.45) is 0 Å². The van der Waals surface area contributed by atoms with Gasteiger partial charge in [-0.25, -0.2) is 0 Å². The van der Waals surface area contributed by atoms with Crippen LogP contribution in [0.15, 0.2) is 15.9 Å². The van der Waals surface area contributed by atoms with Gasteiger partial charge in [0.2, 0.25) is 5.56 Å².